The van der Waals surface area contributed by atoms with Gasteiger partial charge in [0.15, 0.2) is 0 Å². The van der Waals surface area contributed by atoms with Gasteiger partial charge < -0.3 is 5.32 Å². The minimum Gasteiger partial charge on any atom is -0.332 e. The van der Waals surface area contributed by atoms with Crippen LogP contribution in [0.5, 0.6) is 0 Å². The average molecular weight is 265 g/mol. The monoisotopic (exact) mass is 265 g/mol. The van der Waals surface area contributed by atoms with Gasteiger partial charge in [-0.2, -0.15) is 9.78 Å². The van der Waals surface area contributed by atoms with E-state index in [1.807, 2.05) is 55.5 Å². The van der Waals surface area contributed by atoms with E-state index >= 15 is 0 Å². The van der Waals surface area contributed by atoms with Crippen LogP contribution in [-0.4, -0.2) is 15.8 Å². The average Bonchev–Trinajstić information content (AvgIpc) is 2.90. The zero-order valence-electron chi connectivity index (χ0n) is 11.2. The molecule has 1 N–H and O–H groups in total. The summed E-state index contributed by atoms with van der Waals surface area (Å²) in [5.41, 5.74) is 3.09. The molecule has 100 valence electrons. The van der Waals surface area contributed by atoms with E-state index in [2.05, 4.69) is 10.4 Å². The van der Waals surface area contributed by atoms with Gasteiger partial charge in [0.25, 0.3) is 0 Å². The number of fused-ring (bicyclic) bond motifs is 1. The fourth-order valence-electron chi connectivity index (χ4n) is 2.09. The van der Waals surface area contributed by atoms with Crippen LogP contribution in [0.2, 0.25) is 0 Å². The molecule has 0 atom stereocenters. The van der Waals surface area contributed by atoms with Crippen LogP contribution in [0.4, 0.5) is 4.79 Å². The molecule has 0 aliphatic carbocycles. The number of benzene rings is 2. The van der Waals surface area contributed by atoms with Gasteiger partial charge >= 0.3 is 6.03 Å². The van der Waals surface area contributed by atoms with Crippen LogP contribution in [0.25, 0.3) is 10.9 Å². The van der Waals surface area contributed by atoms with Gasteiger partial charge in [0.05, 0.1) is 11.7 Å². The molecule has 0 aliphatic rings. The molecule has 0 fully saturated rings. The third-order valence-electron chi connectivity index (χ3n) is 3.23. The molecular weight excluding hydrogens is 250 g/mol. The van der Waals surface area contributed by atoms with E-state index in [9.17, 15) is 4.79 Å². The van der Waals surface area contributed by atoms with E-state index in [1.54, 1.807) is 6.20 Å². The first-order chi connectivity index (χ1) is 9.74. The Kier molecular flexibility index (Phi) is 3.21. The molecule has 0 unspecified atom stereocenters. The van der Waals surface area contributed by atoms with E-state index in [-0.39, 0.29) is 6.03 Å². The summed E-state index contributed by atoms with van der Waals surface area (Å²) in [7, 11) is 0. The lowest BCUT2D eigenvalue weighted by Gasteiger charge is -2.06. The SMILES string of the molecule is Cc1ccc(CNC(=O)n2ncc3ccccc32)cc1. The molecule has 1 amide bonds. The number of hydrogen-bond donors (Lipinski definition) is 1. The first-order valence-electron chi connectivity index (χ1n) is 6.50. The maximum Gasteiger partial charge on any atom is 0.342 e. The standard InChI is InChI=1S/C16H15N3O/c1-12-6-8-13(9-7-12)10-17-16(20)19-15-5-3-2-4-14(15)11-18-19/h2-9,11H,10H2,1H3,(H,17,20). The lowest BCUT2D eigenvalue weighted by molar-refractivity contribution is 0.240. The number of nitrogens with one attached hydrogen (secondary N) is 1. The molecule has 0 bridgehead atoms. The Balaban J connectivity index is 1.75. The van der Waals surface area contributed by atoms with Gasteiger partial charge in [-0.3, -0.25) is 0 Å². The fraction of sp³-hybridized carbons (Fsp3) is 0.125. The number of para-hydroxylation sites is 1. The van der Waals surface area contributed by atoms with Crippen molar-refractivity contribution in [2.45, 2.75) is 13.5 Å². The van der Waals surface area contributed by atoms with Gasteiger partial charge in [-0.1, -0.05) is 48.0 Å². The van der Waals surface area contributed by atoms with Crippen molar-refractivity contribution in [2.75, 3.05) is 0 Å². The van der Waals surface area contributed by atoms with Crippen molar-refractivity contribution in [3.05, 3.63) is 65.9 Å². The lowest BCUT2D eigenvalue weighted by atomic mass is 10.1. The Labute approximate surface area is 117 Å². The summed E-state index contributed by atoms with van der Waals surface area (Å²) in [6, 6.07) is 15.5. The smallest absolute Gasteiger partial charge is 0.332 e. The van der Waals surface area contributed by atoms with Gasteiger partial charge in [0.2, 0.25) is 0 Å². The largest absolute Gasteiger partial charge is 0.342 e. The first-order valence-corrected chi connectivity index (χ1v) is 6.50. The molecule has 20 heavy (non-hydrogen) atoms. The van der Waals surface area contributed by atoms with Crippen LogP contribution in [0.15, 0.2) is 54.7 Å². The molecule has 4 heteroatoms. The number of rotatable bonds is 2. The minimum atomic E-state index is -0.216. The predicted octanol–water partition coefficient (Wildman–Crippen LogP) is 3.10. The molecule has 1 aromatic heterocycles. The summed E-state index contributed by atoms with van der Waals surface area (Å²) in [6.45, 7) is 2.53. The Bertz CT molecular complexity index is 744. The van der Waals surface area contributed by atoms with Gasteiger partial charge in [-0.25, -0.2) is 4.79 Å². The second-order valence-corrected chi connectivity index (χ2v) is 4.76. The Morgan fingerprint density at radius 1 is 1.15 bits per heavy atom. The molecule has 4 nitrogen and oxygen atoms in total. The highest BCUT2D eigenvalue weighted by Gasteiger charge is 2.09. The quantitative estimate of drug-likeness (QED) is 0.774. The Hall–Kier alpha value is -2.62. The topological polar surface area (TPSA) is 46.9 Å². The molecule has 2 aromatic carbocycles. The van der Waals surface area contributed by atoms with Crippen molar-refractivity contribution in [3.8, 4) is 0 Å². The molecule has 0 spiro atoms. The van der Waals surface area contributed by atoms with Gasteiger partial charge in [-0.05, 0) is 18.6 Å². The highest BCUT2D eigenvalue weighted by molar-refractivity contribution is 5.89. The minimum absolute atomic E-state index is 0.216. The lowest BCUT2D eigenvalue weighted by Crippen LogP contribution is -2.28. The van der Waals surface area contributed by atoms with Crippen molar-refractivity contribution in [2.24, 2.45) is 0 Å². The van der Waals surface area contributed by atoms with Crippen LogP contribution < -0.4 is 5.32 Å². The van der Waals surface area contributed by atoms with Crippen LogP contribution in [0.3, 0.4) is 0 Å². The van der Waals surface area contributed by atoms with Crippen LogP contribution in [0, 0.1) is 6.92 Å². The van der Waals surface area contributed by atoms with E-state index in [4.69, 9.17) is 0 Å². The number of aryl methyl sites for hydroxylation is 1. The summed E-state index contributed by atoms with van der Waals surface area (Å²) < 4.78 is 1.39. The normalized spacial score (nSPS) is 10.7. The number of carbonyl (C=O) groups is 1. The van der Waals surface area contributed by atoms with Crippen LogP contribution in [-0.2, 0) is 6.54 Å². The molecule has 0 radical (unpaired) electrons. The van der Waals surface area contributed by atoms with Crippen molar-refractivity contribution < 1.29 is 4.79 Å². The molecule has 0 saturated heterocycles. The van der Waals surface area contributed by atoms with Crippen LogP contribution >= 0.6 is 0 Å². The van der Waals surface area contributed by atoms with E-state index in [1.165, 1.54) is 10.2 Å². The van der Waals surface area contributed by atoms with Gasteiger partial charge in [0.1, 0.15) is 0 Å². The number of hydrogen-bond acceptors (Lipinski definition) is 2. The summed E-state index contributed by atoms with van der Waals surface area (Å²) >= 11 is 0. The fourth-order valence-corrected chi connectivity index (χ4v) is 2.09. The molecule has 3 aromatic rings. The molecular formula is C16H15N3O. The van der Waals surface area contributed by atoms with Gasteiger partial charge in [0, 0.05) is 11.9 Å². The third-order valence-corrected chi connectivity index (χ3v) is 3.23. The molecule has 0 aliphatic heterocycles. The highest BCUT2D eigenvalue weighted by Crippen LogP contribution is 2.12. The van der Waals surface area contributed by atoms with Crippen molar-refractivity contribution >= 4 is 16.9 Å². The Morgan fingerprint density at radius 2 is 1.90 bits per heavy atom. The second kappa shape index (κ2) is 5.17. The second-order valence-electron chi connectivity index (χ2n) is 4.76. The summed E-state index contributed by atoms with van der Waals surface area (Å²) in [4.78, 5) is 12.1. The highest BCUT2D eigenvalue weighted by atomic mass is 16.2. The van der Waals surface area contributed by atoms with Crippen molar-refractivity contribution in [1.29, 1.82) is 0 Å². The number of aromatic nitrogens is 2. The number of nitrogens with zero attached hydrogens (tertiary/aromatic N) is 2. The van der Waals surface area contributed by atoms with E-state index in [0.717, 1.165) is 16.5 Å². The Morgan fingerprint density at radius 3 is 2.70 bits per heavy atom. The first kappa shape index (κ1) is 12.4. The summed E-state index contributed by atoms with van der Waals surface area (Å²) in [5.74, 6) is 0. The van der Waals surface area contributed by atoms with Crippen molar-refractivity contribution in [1.82, 2.24) is 15.1 Å². The zero-order valence-corrected chi connectivity index (χ0v) is 11.2. The molecule has 3 rings (SSSR count). The molecule has 0 saturated carbocycles. The third kappa shape index (κ3) is 2.40. The van der Waals surface area contributed by atoms with Crippen LogP contribution in [0.1, 0.15) is 11.1 Å². The maximum atomic E-state index is 12.1. The van der Waals surface area contributed by atoms with E-state index < -0.39 is 0 Å². The van der Waals surface area contributed by atoms with E-state index in [0.29, 0.717) is 6.54 Å². The van der Waals surface area contributed by atoms with Crippen molar-refractivity contribution in [3.63, 3.8) is 0 Å². The summed E-state index contributed by atoms with van der Waals surface area (Å²) in [5, 5.41) is 7.96. The maximum absolute atomic E-state index is 12.1. The van der Waals surface area contributed by atoms with Gasteiger partial charge in [-0.15, -0.1) is 0 Å². The number of carbonyl (C=O) groups excluding carboxylic acids is 1. The molecule has 1 heterocycles. The zero-order chi connectivity index (χ0) is 13.9. The number of amides is 1. The predicted molar refractivity (Wildman–Crippen MR) is 78.5 cm³/mol. The summed E-state index contributed by atoms with van der Waals surface area (Å²) in [6.07, 6.45) is 1.70.